The first kappa shape index (κ1) is 9.70. The van der Waals surface area contributed by atoms with Gasteiger partial charge in [-0.25, -0.2) is 5.43 Å². The monoisotopic (exact) mass is 184 g/mol. The van der Waals surface area contributed by atoms with Crippen molar-refractivity contribution < 1.29 is 14.3 Å². The van der Waals surface area contributed by atoms with Crippen molar-refractivity contribution in [2.45, 2.75) is 19.8 Å². The van der Waals surface area contributed by atoms with Crippen LogP contribution in [0.4, 0.5) is 0 Å². The van der Waals surface area contributed by atoms with Gasteiger partial charge in [0.25, 0.3) is 5.91 Å². The summed E-state index contributed by atoms with van der Waals surface area (Å²) < 4.78 is 4.84. The van der Waals surface area contributed by atoms with Crippen LogP contribution in [0.25, 0.3) is 0 Å². The zero-order valence-electron chi connectivity index (χ0n) is 7.45. The van der Waals surface area contributed by atoms with Crippen LogP contribution >= 0.6 is 0 Å². The minimum Gasteiger partial charge on any atom is -0.465 e. The van der Waals surface area contributed by atoms with E-state index in [-0.39, 0.29) is 5.91 Å². The van der Waals surface area contributed by atoms with E-state index in [2.05, 4.69) is 10.5 Å². The Bertz CT molecular complexity index is 238. The van der Waals surface area contributed by atoms with Crippen LogP contribution < -0.4 is 5.43 Å². The van der Waals surface area contributed by atoms with E-state index < -0.39 is 11.9 Å². The van der Waals surface area contributed by atoms with Crippen LogP contribution in [0.1, 0.15) is 19.8 Å². The van der Waals surface area contributed by atoms with Gasteiger partial charge in [-0.1, -0.05) is 6.92 Å². The lowest BCUT2D eigenvalue weighted by atomic mass is 10.1. The summed E-state index contributed by atoms with van der Waals surface area (Å²) >= 11 is 0. The highest BCUT2D eigenvalue weighted by atomic mass is 16.5. The molecule has 13 heavy (non-hydrogen) atoms. The summed E-state index contributed by atoms with van der Waals surface area (Å²) in [5.74, 6) is -1.57. The van der Waals surface area contributed by atoms with Gasteiger partial charge in [0.15, 0.2) is 0 Å². The van der Waals surface area contributed by atoms with Crippen LogP contribution in [0, 0.1) is 5.92 Å². The van der Waals surface area contributed by atoms with Crippen molar-refractivity contribution in [3.63, 3.8) is 0 Å². The Morgan fingerprint density at radius 1 is 1.85 bits per heavy atom. The lowest BCUT2D eigenvalue weighted by Crippen LogP contribution is -2.37. The fourth-order valence-corrected chi connectivity index (χ4v) is 0.959. The normalized spacial score (nSPS) is 21.0. The van der Waals surface area contributed by atoms with E-state index in [1.165, 1.54) is 6.21 Å². The first-order chi connectivity index (χ1) is 6.25. The van der Waals surface area contributed by atoms with E-state index >= 15 is 0 Å². The third-order valence-electron chi connectivity index (χ3n) is 1.66. The summed E-state index contributed by atoms with van der Waals surface area (Å²) in [6.45, 7) is 2.26. The fourth-order valence-electron chi connectivity index (χ4n) is 0.959. The number of hydrazone groups is 1. The van der Waals surface area contributed by atoms with Crippen molar-refractivity contribution >= 4 is 18.1 Å². The fraction of sp³-hybridized carbons (Fsp3) is 0.625. The number of esters is 1. The molecule has 0 spiro atoms. The summed E-state index contributed by atoms with van der Waals surface area (Å²) in [7, 11) is 0. The van der Waals surface area contributed by atoms with Crippen LogP contribution in [0.2, 0.25) is 0 Å². The zero-order chi connectivity index (χ0) is 9.68. The summed E-state index contributed by atoms with van der Waals surface area (Å²) in [6.07, 6.45) is 2.59. The van der Waals surface area contributed by atoms with E-state index in [4.69, 9.17) is 4.74 Å². The van der Waals surface area contributed by atoms with Crippen molar-refractivity contribution in [2.24, 2.45) is 11.0 Å². The van der Waals surface area contributed by atoms with Crippen LogP contribution in [-0.4, -0.2) is 24.7 Å². The zero-order valence-corrected chi connectivity index (χ0v) is 7.45. The van der Waals surface area contributed by atoms with Gasteiger partial charge in [0, 0.05) is 12.6 Å². The number of carbonyl (C=O) groups excluding carboxylic acids is 2. The predicted octanol–water partition coefficient (Wildman–Crippen LogP) is 0.0615. The highest BCUT2D eigenvalue weighted by Gasteiger charge is 2.28. The van der Waals surface area contributed by atoms with Crippen LogP contribution in [0.15, 0.2) is 5.10 Å². The van der Waals surface area contributed by atoms with Crippen molar-refractivity contribution in [3.05, 3.63) is 0 Å². The molecule has 1 unspecified atom stereocenters. The van der Waals surface area contributed by atoms with E-state index in [1.54, 1.807) is 0 Å². The number of carbonyl (C=O) groups is 2. The average molecular weight is 184 g/mol. The molecule has 1 atom stereocenters. The number of amides is 1. The van der Waals surface area contributed by atoms with Crippen molar-refractivity contribution in [3.8, 4) is 0 Å². The summed E-state index contributed by atoms with van der Waals surface area (Å²) in [6, 6.07) is 0. The molecule has 0 aromatic heterocycles. The Kier molecular flexibility index (Phi) is 3.42. The maximum atomic E-state index is 11.2. The molecular weight excluding hydrogens is 172 g/mol. The Morgan fingerprint density at radius 3 is 3.23 bits per heavy atom. The largest absolute Gasteiger partial charge is 0.465 e. The molecule has 0 radical (unpaired) electrons. The van der Waals surface area contributed by atoms with Gasteiger partial charge >= 0.3 is 5.97 Å². The van der Waals surface area contributed by atoms with E-state index in [0.717, 1.165) is 6.42 Å². The quantitative estimate of drug-likeness (QED) is 0.498. The minimum absolute atomic E-state index is 0.328. The van der Waals surface area contributed by atoms with E-state index in [1.807, 2.05) is 6.92 Å². The third kappa shape index (κ3) is 2.54. The minimum atomic E-state index is -0.718. The molecule has 0 fully saturated rings. The first-order valence-electron chi connectivity index (χ1n) is 4.23. The lowest BCUT2D eigenvalue weighted by molar-refractivity contribution is -0.152. The molecule has 1 aliphatic rings. The molecule has 0 bridgehead atoms. The average Bonchev–Trinajstić information content (AvgIpc) is 2.15. The molecule has 0 saturated carbocycles. The van der Waals surface area contributed by atoms with Crippen molar-refractivity contribution in [1.29, 1.82) is 0 Å². The number of rotatable bonds is 3. The Hall–Kier alpha value is -1.39. The van der Waals surface area contributed by atoms with Crippen LogP contribution in [0.5, 0.6) is 0 Å². The smallest absolute Gasteiger partial charge is 0.318 e. The number of nitrogens with zero attached hydrogens (tertiary/aromatic N) is 1. The highest BCUT2D eigenvalue weighted by molar-refractivity contribution is 6.01. The van der Waals surface area contributed by atoms with Gasteiger partial charge in [-0.05, 0) is 6.42 Å². The number of nitrogens with one attached hydrogen (secondary N) is 1. The van der Waals surface area contributed by atoms with Crippen molar-refractivity contribution in [2.75, 3.05) is 6.61 Å². The molecule has 1 rings (SSSR count). The van der Waals surface area contributed by atoms with Gasteiger partial charge in [0.05, 0.1) is 6.61 Å². The van der Waals surface area contributed by atoms with Gasteiger partial charge in [0.1, 0.15) is 5.92 Å². The molecule has 5 nitrogen and oxygen atoms in total. The summed E-state index contributed by atoms with van der Waals surface area (Å²) in [4.78, 5) is 22.3. The second-order valence-corrected chi connectivity index (χ2v) is 2.74. The first-order valence-corrected chi connectivity index (χ1v) is 4.23. The topological polar surface area (TPSA) is 67.8 Å². The van der Waals surface area contributed by atoms with E-state index in [9.17, 15) is 9.59 Å². The molecule has 0 aromatic carbocycles. The summed E-state index contributed by atoms with van der Waals surface area (Å²) in [5, 5.41) is 3.54. The second kappa shape index (κ2) is 4.59. The summed E-state index contributed by atoms with van der Waals surface area (Å²) in [5.41, 5.74) is 2.22. The molecule has 0 aliphatic carbocycles. The SMILES string of the molecule is CCCOC(=O)C1CC=NNC1=O. The van der Waals surface area contributed by atoms with Gasteiger partial charge < -0.3 is 4.74 Å². The number of hydrogen-bond acceptors (Lipinski definition) is 4. The molecule has 5 heteroatoms. The third-order valence-corrected chi connectivity index (χ3v) is 1.66. The van der Waals surface area contributed by atoms with Crippen LogP contribution in [-0.2, 0) is 14.3 Å². The van der Waals surface area contributed by atoms with Crippen molar-refractivity contribution in [1.82, 2.24) is 5.43 Å². The number of hydrogen-bond donors (Lipinski definition) is 1. The Labute approximate surface area is 76.1 Å². The molecule has 1 heterocycles. The molecule has 1 aliphatic heterocycles. The molecule has 1 N–H and O–H groups in total. The molecule has 0 saturated heterocycles. The van der Waals surface area contributed by atoms with Gasteiger partial charge in [0.2, 0.25) is 0 Å². The number of ether oxygens (including phenoxy) is 1. The Balaban J connectivity index is 2.45. The maximum Gasteiger partial charge on any atom is 0.318 e. The predicted molar refractivity (Wildman–Crippen MR) is 46.0 cm³/mol. The Morgan fingerprint density at radius 2 is 2.62 bits per heavy atom. The maximum absolute atomic E-state index is 11.2. The second-order valence-electron chi connectivity index (χ2n) is 2.74. The van der Waals surface area contributed by atoms with Gasteiger partial charge in [-0.3, -0.25) is 9.59 Å². The van der Waals surface area contributed by atoms with Gasteiger partial charge in [-0.15, -0.1) is 0 Å². The standard InChI is InChI=1S/C8H12N2O3/c1-2-5-13-8(12)6-3-4-9-10-7(6)11/h4,6H,2-3,5H2,1H3,(H,10,11). The van der Waals surface area contributed by atoms with E-state index in [0.29, 0.717) is 13.0 Å². The molecule has 0 aromatic rings. The molecule has 1 amide bonds. The molecule has 72 valence electrons. The van der Waals surface area contributed by atoms with Gasteiger partial charge in [-0.2, -0.15) is 5.10 Å². The lowest BCUT2D eigenvalue weighted by Gasteiger charge is -2.14. The molecular formula is C8H12N2O3. The highest BCUT2D eigenvalue weighted by Crippen LogP contribution is 2.07. The van der Waals surface area contributed by atoms with Crippen LogP contribution in [0.3, 0.4) is 0 Å².